The fraction of sp³-hybridized carbons (Fsp3) is 0.111. The van der Waals surface area contributed by atoms with E-state index in [-0.39, 0.29) is 5.33 Å². The van der Waals surface area contributed by atoms with Gasteiger partial charge in [-0.2, -0.15) is 0 Å². The molecule has 1 aromatic rings. The average Bonchev–Trinajstić information content (AvgIpc) is 2.24. The first kappa shape index (κ1) is 12.2. The Kier molecular flexibility index (Phi) is 3.84. The molecule has 0 nitrogen and oxygen atoms in total. The summed E-state index contributed by atoms with van der Waals surface area (Å²) in [6, 6.07) is 0. The van der Waals surface area contributed by atoms with Gasteiger partial charge >= 0.3 is 0 Å². The maximum Gasteiger partial charge on any atom is 0.200 e. The van der Waals surface area contributed by atoms with Crippen LogP contribution in [-0.4, -0.2) is 5.33 Å². The summed E-state index contributed by atoms with van der Waals surface area (Å²) in [7, 11) is 0. The summed E-state index contributed by atoms with van der Waals surface area (Å²) < 4.78 is 63.7. The molecule has 0 atom stereocenters. The minimum Gasteiger partial charge on any atom is -0.203 e. The minimum atomic E-state index is -2.15. The zero-order chi connectivity index (χ0) is 11.6. The highest BCUT2D eigenvalue weighted by Gasteiger charge is 2.23. The third kappa shape index (κ3) is 2.19. The number of allylic oxidation sites excluding steroid dienone is 1. The molecule has 0 amide bonds. The summed E-state index contributed by atoms with van der Waals surface area (Å²) in [6.45, 7) is 0. The Balaban J connectivity index is 3.45. The molecule has 0 aromatic heterocycles. The van der Waals surface area contributed by atoms with Gasteiger partial charge in [0, 0.05) is 5.33 Å². The van der Waals surface area contributed by atoms with Gasteiger partial charge in [-0.15, -0.1) is 0 Å². The van der Waals surface area contributed by atoms with Crippen LogP contribution >= 0.6 is 15.9 Å². The lowest BCUT2D eigenvalue weighted by molar-refractivity contribution is 0.377. The van der Waals surface area contributed by atoms with Crippen molar-refractivity contribution in [1.82, 2.24) is 0 Å². The highest BCUT2D eigenvalue weighted by Crippen LogP contribution is 2.23. The van der Waals surface area contributed by atoms with Gasteiger partial charge in [0.15, 0.2) is 23.3 Å². The van der Waals surface area contributed by atoms with E-state index in [9.17, 15) is 22.0 Å². The largest absolute Gasteiger partial charge is 0.203 e. The van der Waals surface area contributed by atoms with E-state index in [4.69, 9.17) is 0 Å². The lowest BCUT2D eigenvalue weighted by Crippen LogP contribution is -2.03. The first-order valence-electron chi connectivity index (χ1n) is 3.74. The van der Waals surface area contributed by atoms with Crippen LogP contribution in [0.4, 0.5) is 22.0 Å². The second-order valence-electron chi connectivity index (χ2n) is 2.54. The van der Waals surface area contributed by atoms with Crippen molar-refractivity contribution in [1.29, 1.82) is 0 Å². The van der Waals surface area contributed by atoms with E-state index >= 15 is 0 Å². The Morgan fingerprint density at radius 1 is 0.800 bits per heavy atom. The molecule has 15 heavy (non-hydrogen) atoms. The van der Waals surface area contributed by atoms with Crippen LogP contribution in [0.15, 0.2) is 6.08 Å². The van der Waals surface area contributed by atoms with E-state index < -0.39 is 34.6 Å². The Labute approximate surface area is 90.5 Å². The Morgan fingerprint density at radius 3 is 1.60 bits per heavy atom. The van der Waals surface area contributed by atoms with Crippen molar-refractivity contribution < 1.29 is 22.0 Å². The van der Waals surface area contributed by atoms with Crippen LogP contribution in [-0.2, 0) is 0 Å². The quantitative estimate of drug-likeness (QED) is 0.336. The van der Waals surface area contributed by atoms with Crippen molar-refractivity contribution in [3.8, 4) is 0 Å². The molecule has 0 aliphatic heterocycles. The predicted molar refractivity (Wildman–Crippen MR) is 49.1 cm³/mol. The molecule has 0 heterocycles. The molecule has 1 aromatic carbocycles. The average molecular weight is 287 g/mol. The molecule has 6 heteroatoms. The van der Waals surface area contributed by atoms with Gasteiger partial charge in [0.1, 0.15) is 0 Å². The third-order valence-electron chi connectivity index (χ3n) is 1.62. The fourth-order valence-electron chi connectivity index (χ4n) is 0.931. The zero-order valence-corrected chi connectivity index (χ0v) is 8.72. The Hall–Kier alpha value is -0.910. The van der Waals surface area contributed by atoms with Crippen LogP contribution in [0, 0.1) is 29.1 Å². The molecular weight excluding hydrogens is 283 g/mol. The molecule has 0 N–H and O–H groups in total. The zero-order valence-electron chi connectivity index (χ0n) is 7.13. The molecule has 0 unspecified atom stereocenters. The van der Waals surface area contributed by atoms with E-state index in [1.165, 1.54) is 6.08 Å². The molecular formula is C9H4BrF5. The SMILES string of the molecule is Fc1c(F)c(F)c(C=CCBr)c(F)c1F. The molecule has 0 aliphatic rings. The van der Waals surface area contributed by atoms with E-state index in [2.05, 4.69) is 15.9 Å². The van der Waals surface area contributed by atoms with Gasteiger partial charge in [0.2, 0.25) is 5.82 Å². The summed E-state index contributed by atoms with van der Waals surface area (Å²) >= 11 is 2.91. The third-order valence-corrected chi connectivity index (χ3v) is 1.99. The van der Waals surface area contributed by atoms with Gasteiger partial charge in [0.05, 0.1) is 5.56 Å². The topological polar surface area (TPSA) is 0 Å². The molecule has 0 saturated carbocycles. The lowest BCUT2D eigenvalue weighted by Gasteiger charge is -2.03. The van der Waals surface area contributed by atoms with Gasteiger partial charge in [-0.3, -0.25) is 0 Å². The van der Waals surface area contributed by atoms with Gasteiger partial charge < -0.3 is 0 Å². The molecule has 0 saturated heterocycles. The van der Waals surface area contributed by atoms with Gasteiger partial charge in [-0.25, -0.2) is 22.0 Å². The van der Waals surface area contributed by atoms with Crippen LogP contribution in [0.25, 0.3) is 6.08 Å². The van der Waals surface area contributed by atoms with E-state index in [0.717, 1.165) is 6.08 Å². The lowest BCUT2D eigenvalue weighted by atomic mass is 10.1. The van der Waals surface area contributed by atoms with Crippen molar-refractivity contribution in [3.63, 3.8) is 0 Å². The van der Waals surface area contributed by atoms with Crippen molar-refractivity contribution in [2.45, 2.75) is 0 Å². The number of alkyl halides is 1. The highest BCUT2D eigenvalue weighted by molar-refractivity contribution is 9.09. The second kappa shape index (κ2) is 4.74. The van der Waals surface area contributed by atoms with Crippen molar-refractivity contribution in [2.24, 2.45) is 0 Å². The van der Waals surface area contributed by atoms with Crippen LogP contribution < -0.4 is 0 Å². The van der Waals surface area contributed by atoms with Gasteiger partial charge in [-0.05, 0) is 0 Å². The number of rotatable bonds is 2. The smallest absolute Gasteiger partial charge is 0.200 e. The summed E-state index contributed by atoms with van der Waals surface area (Å²) in [6.07, 6.45) is 2.04. The van der Waals surface area contributed by atoms with Crippen LogP contribution in [0.3, 0.4) is 0 Å². The first-order chi connectivity index (χ1) is 7.00. The van der Waals surface area contributed by atoms with Crippen molar-refractivity contribution in [2.75, 3.05) is 5.33 Å². The molecule has 0 bridgehead atoms. The molecule has 0 radical (unpaired) electrons. The highest BCUT2D eigenvalue weighted by atomic mass is 79.9. The van der Waals surface area contributed by atoms with Crippen LogP contribution in [0.5, 0.6) is 0 Å². The van der Waals surface area contributed by atoms with Crippen LogP contribution in [0.1, 0.15) is 5.56 Å². The number of hydrogen-bond acceptors (Lipinski definition) is 0. The van der Waals surface area contributed by atoms with Gasteiger partial charge in [-0.1, -0.05) is 28.1 Å². The van der Waals surface area contributed by atoms with Crippen molar-refractivity contribution in [3.05, 3.63) is 40.7 Å². The normalized spacial score (nSPS) is 11.3. The van der Waals surface area contributed by atoms with Crippen LogP contribution in [0.2, 0.25) is 0 Å². The van der Waals surface area contributed by atoms with E-state index in [1.54, 1.807) is 0 Å². The van der Waals surface area contributed by atoms with E-state index in [0.29, 0.717) is 0 Å². The molecule has 1 rings (SSSR count). The summed E-state index contributed by atoms with van der Waals surface area (Å²) in [4.78, 5) is 0. The minimum absolute atomic E-state index is 0.243. The second-order valence-corrected chi connectivity index (χ2v) is 3.19. The monoisotopic (exact) mass is 286 g/mol. The first-order valence-corrected chi connectivity index (χ1v) is 4.86. The predicted octanol–water partition coefficient (Wildman–Crippen LogP) is 3.79. The molecule has 82 valence electrons. The Bertz CT molecular complexity index is 384. The summed E-state index contributed by atoms with van der Waals surface area (Å²) in [5.74, 6) is -9.69. The number of benzene rings is 1. The molecule has 0 spiro atoms. The fourth-order valence-corrected chi connectivity index (χ4v) is 1.12. The standard InChI is InChI=1S/C9H4BrF5/c10-3-1-2-4-5(11)7(13)9(15)8(14)6(4)12/h1-2H,3H2. The molecule has 0 aliphatic carbocycles. The summed E-state index contributed by atoms with van der Waals surface area (Å²) in [5.41, 5.74) is -0.939. The summed E-state index contributed by atoms with van der Waals surface area (Å²) in [5, 5.41) is 0.243. The number of hydrogen-bond donors (Lipinski definition) is 0. The number of halogens is 6. The maximum atomic E-state index is 12.9. The maximum absolute atomic E-state index is 12.9. The Morgan fingerprint density at radius 2 is 1.20 bits per heavy atom. The molecule has 0 fully saturated rings. The van der Waals surface area contributed by atoms with Gasteiger partial charge in [0.25, 0.3) is 0 Å². The van der Waals surface area contributed by atoms with E-state index in [1.807, 2.05) is 0 Å². The van der Waals surface area contributed by atoms with Crippen molar-refractivity contribution >= 4 is 22.0 Å².